The largest absolute Gasteiger partial charge is 0.494 e. The van der Waals surface area contributed by atoms with E-state index in [9.17, 15) is 9.59 Å². The van der Waals surface area contributed by atoms with E-state index in [2.05, 4.69) is 5.32 Å². The number of nitrogens with one attached hydrogen (secondary N) is 1. The number of amides is 1. The van der Waals surface area contributed by atoms with Crippen LogP contribution in [0.4, 0.5) is 0 Å². The van der Waals surface area contributed by atoms with Crippen molar-refractivity contribution < 1.29 is 19.1 Å². The van der Waals surface area contributed by atoms with Gasteiger partial charge in [0.2, 0.25) is 5.91 Å². The molecule has 5 heteroatoms. The highest BCUT2D eigenvalue weighted by Crippen LogP contribution is 2.13. The molecule has 0 fully saturated rings. The number of esters is 1. The zero-order chi connectivity index (χ0) is 17.3. The van der Waals surface area contributed by atoms with Gasteiger partial charge in [0.25, 0.3) is 0 Å². The second-order valence-electron chi connectivity index (χ2n) is 6.06. The Labute approximate surface area is 137 Å². The van der Waals surface area contributed by atoms with E-state index in [0.717, 1.165) is 17.7 Å². The van der Waals surface area contributed by atoms with Crippen LogP contribution < -0.4 is 10.1 Å². The molecule has 0 bridgehead atoms. The van der Waals surface area contributed by atoms with Gasteiger partial charge < -0.3 is 14.8 Å². The molecule has 23 heavy (non-hydrogen) atoms. The van der Waals surface area contributed by atoms with Crippen LogP contribution in [0.2, 0.25) is 0 Å². The van der Waals surface area contributed by atoms with Crippen LogP contribution in [-0.4, -0.2) is 30.6 Å². The Morgan fingerprint density at radius 1 is 1.17 bits per heavy atom. The molecule has 0 saturated heterocycles. The van der Waals surface area contributed by atoms with Crippen LogP contribution in [0.3, 0.4) is 0 Å². The number of hydrogen-bond acceptors (Lipinski definition) is 4. The molecule has 0 aromatic heterocycles. The van der Waals surface area contributed by atoms with Gasteiger partial charge in [-0.25, -0.2) is 0 Å². The molecule has 1 aromatic carbocycles. The molecule has 0 radical (unpaired) electrons. The lowest BCUT2D eigenvalue weighted by Crippen LogP contribution is -2.33. The summed E-state index contributed by atoms with van der Waals surface area (Å²) >= 11 is 0. The zero-order valence-electron chi connectivity index (χ0n) is 14.2. The second-order valence-corrected chi connectivity index (χ2v) is 6.06. The molecule has 0 aliphatic carbocycles. The maximum Gasteiger partial charge on any atom is 0.325 e. The van der Waals surface area contributed by atoms with E-state index >= 15 is 0 Å². The molecule has 0 spiro atoms. The summed E-state index contributed by atoms with van der Waals surface area (Å²) < 4.78 is 10.6. The minimum Gasteiger partial charge on any atom is -0.494 e. The Balaban J connectivity index is 2.41. The monoisotopic (exact) mass is 319 g/mol. The van der Waals surface area contributed by atoms with E-state index in [1.165, 1.54) is 6.08 Å². The maximum absolute atomic E-state index is 11.7. The second kappa shape index (κ2) is 8.98. The quantitative estimate of drug-likeness (QED) is 0.620. The molecule has 0 aliphatic heterocycles. The fraction of sp³-hybridized carbons (Fsp3) is 0.444. The van der Waals surface area contributed by atoms with E-state index in [-0.39, 0.29) is 12.5 Å². The Bertz CT molecular complexity index is 541. The average Bonchev–Trinajstić information content (AvgIpc) is 2.48. The molecule has 1 N–H and O–H groups in total. The molecule has 126 valence electrons. The van der Waals surface area contributed by atoms with E-state index < -0.39 is 11.6 Å². The molecule has 1 aromatic rings. The Morgan fingerprint density at radius 3 is 2.39 bits per heavy atom. The van der Waals surface area contributed by atoms with Crippen molar-refractivity contribution in [2.45, 2.75) is 39.7 Å². The minimum atomic E-state index is -0.556. The summed E-state index contributed by atoms with van der Waals surface area (Å²) in [5.74, 6) is -0.00257. The lowest BCUT2D eigenvalue weighted by molar-refractivity contribution is -0.154. The van der Waals surface area contributed by atoms with Gasteiger partial charge in [-0.1, -0.05) is 19.1 Å². The standard InChI is InChI=1S/C18H25NO4/c1-5-12-22-15-9-6-14(7-10-15)8-11-16(20)19-13-17(21)23-18(2,3)4/h6-11H,5,12-13H2,1-4H3,(H,19,20). The third kappa shape index (κ3) is 8.66. The Hall–Kier alpha value is -2.30. The van der Waals surface area contributed by atoms with Gasteiger partial charge in [-0.3, -0.25) is 9.59 Å². The molecule has 0 aliphatic rings. The van der Waals surface area contributed by atoms with Crippen molar-refractivity contribution >= 4 is 18.0 Å². The van der Waals surface area contributed by atoms with E-state index in [1.807, 2.05) is 31.2 Å². The first kappa shape index (κ1) is 18.7. The molecule has 0 saturated carbocycles. The molecule has 1 amide bonds. The molecule has 0 heterocycles. The van der Waals surface area contributed by atoms with E-state index in [1.54, 1.807) is 26.8 Å². The molecule has 1 rings (SSSR count). The maximum atomic E-state index is 11.7. The summed E-state index contributed by atoms with van der Waals surface area (Å²) in [6.07, 6.45) is 4.01. The molecule has 0 unspecified atom stereocenters. The third-order valence-corrected chi connectivity index (χ3v) is 2.61. The van der Waals surface area contributed by atoms with Crippen LogP contribution in [0.25, 0.3) is 6.08 Å². The number of rotatable bonds is 7. The van der Waals surface area contributed by atoms with Gasteiger partial charge in [0.05, 0.1) is 6.61 Å². The average molecular weight is 319 g/mol. The van der Waals surface area contributed by atoms with Gasteiger partial charge >= 0.3 is 5.97 Å². The highest BCUT2D eigenvalue weighted by molar-refractivity contribution is 5.93. The number of carbonyl (C=O) groups excluding carboxylic acids is 2. The number of benzene rings is 1. The van der Waals surface area contributed by atoms with Gasteiger partial charge in [-0.2, -0.15) is 0 Å². The Kier molecular flexibility index (Phi) is 7.32. The van der Waals surface area contributed by atoms with E-state index in [0.29, 0.717) is 6.61 Å². The predicted octanol–water partition coefficient (Wildman–Crippen LogP) is 2.95. The molecular formula is C18H25NO4. The van der Waals surface area contributed by atoms with Crippen molar-refractivity contribution in [1.29, 1.82) is 0 Å². The summed E-state index contributed by atoms with van der Waals surface area (Å²) in [7, 11) is 0. The fourth-order valence-electron chi connectivity index (χ4n) is 1.66. The summed E-state index contributed by atoms with van der Waals surface area (Å²) in [4.78, 5) is 23.2. The number of ether oxygens (including phenoxy) is 2. The number of carbonyl (C=O) groups is 2. The summed E-state index contributed by atoms with van der Waals surface area (Å²) in [6.45, 7) is 7.92. The molecule has 5 nitrogen and oxygen atoms in total. The molecular weight excluding hydrogens is 294 g/mol. The van der Waals surface area contributed by atoms with Gasteiger partial charge in [0.15, 0.2) is 0 Å². The first-order chi connectivity index (χ1) is 10.8. The van der Waals surface area contributed by atoms with Gasteiger partial charge in [-0.15, -0.1) is 0 Å². The first-order valence-corrected chi connectivity index (χ1v) is 7.71. The van der Waals surface area contributed by atoms with Gasteiger partial charge in [0.1, 0.15) is 17.9 Å². The smallest absolute Gasteiger partial charge is 0.325 e. The van der Waals surface area contributed by atoms with Crippen molar-refractivity contribution in [3.8, 4) is 5.75 Å². The lowest BCUT2D eigenvalue weighted by Gasteiger charge is -2.19. The van der Waals surface area contributed by atoms with Gasteiger partial charge in [0, 0.05) is 6.08 Å². The summed E-state index contributed by atoms with van der Waals surface area (Å²) in [5, 5.41) is 2.49. The van der Waals surface area contributed by atoms with E-state index in [4.69, 9.17) is 9.47 Å². The van der Waals surface area contributed by atoms with Crippen molar-refractivity contribution in [1.82, 2.24) is 5.32 Å². The number of hydrogen-bond donors (Lipinski definition) is 1. The SMILES string of the molecule is CCCOc1ccc(C=CC(=O)NCC(=O)OC(C)(C)C)cc1. The van der Waals surface area contributed by atoms with Gasteiger partial charge in [-0.05, 0) is 51.0 Å². The van der Waals surface area contributed by atoms with Crippen molar-refractivity contribution in [3.63, 3.8) is 0 Å². The summed E-state index contributed by atoms with van der Waals surface area (Å²) in [5.41, 5.74) is 0.320. The normalized spacial score (nSPS) is 11.3. The van der Waals surface area contributed by atoms with Crippen molar-refractivity contribution in [3.05, 3.63) is 35.9 Å². The zero-order valence-corrected chi connectivity index (χ0v) is 14.2. The topological polar surface area (TPSA) is 64.6 Å². The van der Waals surface area contributed by atoms with Crippen molar-refractivity contribution in [2.75, 3.05) is 13.2 Å². The minimum absolute atomic E-state index is 0.149. The fourth-order valence-corrected chi connectivity index (χ4v) is 1.66. The Morgan fingerprint density at radius 2 is 1.83 bits per heavy atom. The predicted molar refractivity (Wildman–Crippen MR) is 90.1 cm³/mol. The third-order valence-electron chi connectivity index (χ3n) is 2.61. The first-order valence-electron chi connectivity index (χ1n) is 7.71. The molecule has 0 atom stereocenters. The lowest BCUT2D eigenvalue weighted by atomic mass is 10.2. The van der Waals surface area contributed by atoms with Crippen LogP contribution in [0.5, 0.6) is 5.75 Å². The highest BCUT2D eigenvalue weighted by Gasteiger charge is 2.16. The van der Waals surface area contributed by atoms with Crippen LogP contribution >= 0.6 is 0 Å². The van der Waals surface area contributed by atoms with Crippen LogP contribution in [-0.2, 0) is 14.3 Å². The van der Waals surface area contributed by atoms with Crippen LogP contribution in [0, 0.1) is 0 Å². The highest BCUT2D eigenvalue weighted by atomic mass is 16.6. The van der Waals surface area contributed by atoms with Crippen molar-refractivity contribution in [2.24, 2.45) is 0 Å². The van der Waals surface area contributed by atoms with Crippen LogP contribution in [0.15, 0.2) is 30.3 Å². The van der Waals surface area contributed by atoms with Crippen LogP contribution in [0.1, 0.15) is 39.7 Å². The summed E-state index contributed by atoms with van der Waals surface area (Å²) in [6, 6.07) is 7.44.